The molecule has 136 valence electrons. The maximum Gasteiger partial charge on any atom is 0.310 e. The average molecular weight is 337 g/mol. The van der Waals surface area contributed by atoms with Crippen molar-refractivity contribution in [2.24, 2.45) is 29.1 Å². The van der Waals surface area contributed by atoms with Crippen molar-refractivity contribution in [3.63, 3.8) is 0 Å². The lowest BCUT2D eigenvalue weighted by atomic mass is 9.68. The Morgan fingerprint density at radius 1 is 1.29 bits per heavy atom. The Bertz CT molecular complexity index is 492. The van der Waals surface area contributed by atoms with E-state index in [1.54, 1.807) is 0 Å². The molecule has 0 amide bonds. The Labute approximate surface area is 144 Å². The fourth-order valence-electron chi connectivity index (χ4n) is 6.03. The highest BCUT2D eigenvalue weighted by Crippen LogP contribution is 2.57. The van der Waals surface area contributed by atoms with Crippen LogP contribution in [0.5, 0.6) is 0 Å². The number of ether oxygens (including phenoxy) is 2. The molecule has 2 saturated carbocycles. The molecular formula is C19H31NO4. The third-order valence-corrected chi connectivity index (χ3v) is 7.45. The summed E-state index contributed by atoms with van der Waals surface area (Å²) in [6.07, 6.45) is 3.72. The van der Waals surface area contributed by atoms with Crippen molar-refractivity contribution in [1.82, 2.24) is 4.90 Å². The third kappa shape index (κ3) is 2.69. The Kier molecular flexibility index (Phi) is 4.38. The smallest absolute Gasteiger partial charge is 0.310 e. The minimum Gasteiger partial charge on any atom is -0.462 e. The second-order valence-corrected chi connectivity index (χ2v) is 8.78. The molecule has 5 heteroatoms. The van der Waals surface area contributed by atoms with Gasteiger partial charge in [0.25, 0.3) is 0 Å². The molecule has 0 aromatic rings. The van der Waals surface area contributed by atoms with E-state index in [0.717, 1.165) is 58.5 Å². The van der Waals surface area contributed by atoms with Gasteiger partial charge in [0.15, 0.2) is 0 Å². The monoisotopic (exact) mass is 337 g/mol. The number of aliphatic hydroxyl groups excluding tert-OH is 1. The highest BCUT2D eigenvalue weighted by molar-refractivity contribution is 5.75. The minimum atomic E-state index is -0.233. The second-order valence-electron chi connectivity index (χ2n) is 8.78. The van der Waals surface area contributed by atoms with E-state index in [-0.39, 0.29) is 35.4 Å². The molecule has 4 rings (SSSR count). The van der Waals surface area contributed by atoms with Crippen LogP contribution in [0.2, 0.25) is 0 Å². The molecule has 2 saturated heterocycles. The van der Waals surface area contributed by atoms with Crippen molar-refractivity contribution in [1.29, 1.82) is 0 Å². The standard InChI is InChI=1S/C19H31NO4/c1-12-9-16-13(10-19(2)15(12)3-4-17(19)21)14(18(22)24-16)11-20-5-7-23-8-6-20/h12-17,21H,3-11H2,1-2H3/t12-,13-,14+,15+,16+,17+,19+/m1/s1. The molecule has 24 heavy (non-hydrogen) atoms. The van der Waals surface area contributed by atoms with Gasteiger partial charge in [-0.1, -0.05) is 13.8 Å². The van der Waals surface area contributed by atoms with Gasteiger partial charge in [0.05, 0.1) is 25.2 Å². The summed E-state index contributed by atoms with van der Waals surface area (Å²) in [4.78, 5) is 14.9. The molecule has 4 fully saturated rings. The van der Waals surface area contributed by atoms with Crippen molar-refractivity contribution in [2.45, 2.75) is 51.7 Å². The molecule has 7 atom stereocenters. The van der Waals surface area contributed by atoms with Gasteiger partial charge in [0.1, 0.15) is 6.10 Å². The van der Waals surface area contributed by atoms with Crippen LogP contribution in [0.25, 0.3) is 0 Å². The van der Waals surface area contributed by atoms with Crippen LogP contribution in [0.4, 0.5) is 0 Å². The summed E-state index contributed by atoms with van der Waals surface area (Å²) >= 11 is 0. The summed E-state index contributed by atoms with van der Waals surface area (Å²) in [5.41, 5.74) is -0.0595. The number of aliphatic hydroxyl groups is 1. The number of carbonyl (C=O) groups is 1. The van der Waals surface area contributed by atoms with Crippen molar-refractivity contribution in [2.75, 3.05) is 32.8 Å². The molecule has 0 radical (unpaired) electrons. The van der Waals surface area contributed by atoms with Crippen LogP contribution in [0.1, 0.15) is 39.5 Å². The Morgan fingerprint density at radius 3 is 2.79 bits per heavy atom. The molecule has 5 nitrogen and oxygen atoms in total. The SMILES string of the molecule is C[C@@H]1C[C@@H]2OC(=O)[C@@H](CN3CCOCC3)[C@H]2C[C@]2(C)[C@@H](O)CC[C@@H]12. The number of rotatable bonds is 2. The highest BCUT2D eigenvalue weighted by atomic mass is 16.6. The molecule has 2 aliphatic heterocycles. The number of esters is 1. The van der Waals surface area contributed by atoms with Gasteiger partial charge in [0, 0.05) is 25.6 Å². The van der Waals surface area contributed by atoms with Gasteiger partial charge in [-0.3, -0.25) is 9.69 Å². The van der Waals surface area contributed by atoms with E-state index in [1.165, 1.54) is 0 Å². The van der Waals surface area contributed by atoms with Crippen LogP contribution in [-0.2, 0) is 14.3 Å². The average Bonchev–Trinajstić information content (AvgIpc) is 2.96. The van der Waals surface area contributed by atoms with E-state index in [9.17, 15) is 9.90 Å². The van der Waals surface area contributed by atoms with Crippen molar-refractivity contribution in [3.05, 3.63) is 0 Å². The van der Waals surface area contributed by atoms with Crippen molar-refractivity contribution < 1.29 is 19.4 Å². The number of hydrogen-bond donors (Lipinski definition) is 1. The van der Waals surface area contributed by atoms with Crippen LogP contribution in [0.3, 0.4) is 0 Å². The molecule has 0 bridgehead atoms. The molecule has 0 aromatic carbocycles. The molecular weight excluding hydrogens is 306 g/mol. The molecule has 2 heterocycles. The lowest BCUT2D eigenvalue weighted by Gasteiger charge is -2.38. The zero-order chi connectivity index (χ0) is 16.9. The minimum absolute atomic E-state index is 0.0155. The van der Waals surface area contributed by atoms with Gasteiger partial charge in [-0.25, -0.2) is 0 Å². The molecule has 4 aliphatic rings. The summed E-state index contributed by atoms with van der Waals surface area (Å²) in [6.45, 7) is 8.64. The van der Waals surface area contributed by atoms with E-state index in [1.807, 2.05) is 0 Å². The maximum atomic E-state index is 12.6. The predicted molar refractivity (Wildman–Crippen MR) is 89.4 cm³/mol. The number of fused-ring (bicyclic) bond motifs is 2. The highest BCUT2D eigenvalue weighted by Gasteiger charge is 2.57. The second kappa shape index (κ2) is 6.26. The third-order valence-electron chi connectivity index (χ3n) is 7.45. The van der Waals surface area contributed by atoms with Crippen LogP contribution < -0.4 is 0 Å². The predicted octanol–water partition coefficient (Wildman–Crippen LogP) is 1.68. The first kappa shape index (κ1) is 16.8. The van der Waals surface area contributed by atoms with Gasteiger partial charge in [-0.2, -0.15) is 0 Å². The Morgan fingerprint density at radius 2 is 2.04 bits per heavy atom. The Balaban J connectivity index is 1.55. The fraction of sp³-hybridized carbons (Fsp3) is 0.947. The van der Waals surface area contributed by atoms with Gasteiger partial charge in [-0.05, 0) is 42.9 Å². The van der Waals surface area contributed by atoms with Crippen LogP contribution in [0, 0.1) is 29.1 Å². The normalized spacial score (nSPS) is 49.4. The summed E-state index contributed by atoms with van der Waals surface area (Å²) in [5.74, 6) is 1.27. The summed E-state index contributed by atoms with van der Waals surface area (Å²) < 4.78 is 11.3. The molecule has 1 N–H and O–H groups in total. The largest absolute Gasteiger partial charge is 0.462 e. The number of hydrogen-bond acceptors (Lipinski definition) is 5. The maximum absolute atomic E-state index is 12.6. The zero-order valence-electron chi connectivity index (χ0n) is 14.9. The van der Waals surface area contributed by atoms with Gasteiger partial charge in [-0.15, -0.1) is 0 Å². The zero-order valence-corrected chi connectivity index (χ0v) is 14.9. The Hall–Kier alpha value is -0.650. The summed E-state index contributed by atoms with van der Waals surface area (Å²) in [7, 11) is 0. The van der Waals surface area contributed by atoms with E-state index >= 15 is 0 Å². The molecule has 2 aliphatic carbocycles. The van der Waals surface area contributed by atoms with Crippen LogP contribution >= 0.6 is 0 Å². The number of morpholine rings is 1. The summed E-state index contributed by atoms with van der Waals surface area (Å²) in [6, 6.07) is 0. The molecule has 0 spiro atoms. The topological polar surface area (TPSA) is 59.0 Å². The van der Waals surface area contributed by atoms with E-state index in [0.29, 0.717) is 11.8 Å². The van der Waals surface area contributed by atoms with Gasteiger partial charge in [0.2, 0.25) is 0 Å². The number of carbonyl (C=O) groups excluding carboxylic acids is 1. The van der Waals surface area contributed by atoms with Gasteiger partial charge < -0.3 is 14.6 Å². The fourth-order valence-corrected chi connectivity index (χ4v) is 6.03. The first-order valence-electron chi connectivity index (χ1n) is 9.67. The lowest BCUT2D eigenvalue weighted by Crippen LogP contribution is -2.43. The van der Waals surface area contributed by atoms with Crippen LogP contribution in [-0.4, -0.2) is 61.0 Å². The first-order chi connectivity index (χ1) is 11.5. The van der Waals surface area contributed by atoms with Crippen molar-refractivity contribution in [3.8, 4) is 0 Å². The van der Waals surface area contributed by atoms with Gasteiger partial charge >= 0.3 is 5.97 Å². The van der Waals surface area contributed by atoms with Crippen LogP contribution in [0.15, 0.2) is 0 Å². The molecule has 0 aromatic heterocycles. The molecule has 0 unspecified atom stereocenters. The van der Waals surface area contributed by atoms with E-state index in [2.05, 4.69) is 18.7 Å². The number of nitrogens with zero attached hydrogens (tertiary/aromatic N) is 1. The van der Waals surface area contributed by atoms with E-state index < -0.39 is 0 Å². The summed E-state index contributed by atoms with van der Waals surface area (Å²) in [5, 5.41) is 10.7. The first-order valence-corrected chi connectivity index (χ1v) is 9.67. The van der Waals surface area contributed by atoms with Crippen molar-refractivity contribution >= 4 is 5.97 Å². The van der Waals surface area contributed by atoms with E-state index in [4.69, 9.17) is 9.47 Å². The lowest BCUT2D eigenvalue weighted by molar-refractivity contribution is -0.145. The quantitative estimate of drug-likeness (QED) is 0.777.